The van der Waals surface area contributed by atoms with Crippen LogP contribution >= 0.6 is 11.6 Å². The number of halogens is 1. The number of rotatable bonds is 7. The van der Waals surface area contributed by atoms with Crippen molar-refractivity contribution < 1.29 is 9.90 Å². The summed E-state index contributed by atoms with van der Waals surface area (Å²) < 4.78 is 0. The third kappa shape index (κ3) is 4.01. The third-order valence-corrected chi connectivity index (χ3v) is 3.76. The smallest absolute Gasteiger partial charge is 0.328 e. The van der Waals surface area contributed by atoms with Gasteiger partial charge in [-0.05, 0) is 43.4 Å². The van der Waals surface area contributed by atoms with Crippen LogP contribution in [-0.2, 0) is 4.79 Å². The first-order chi connectivity index (χ1) is 9.61. The summed E-state index contributed by atoms with van der Waals surface area (Å²) in [5.74, 6) is -0.183. The van der Waals surface area contributed by atoms with Crippen molar-refractivity contribution in [3.8, 4) is 0 Å². The van der Waals surface area contributed by atoms with Crippen molar-refractivity contribution in [3.63, 3.8) is 0 Å². The van der Waals surface area contributed by atoms with Gasteiger partial charge in [-0.3, -0.25) is 0 Å². The summed E-state index contributed by atoms with van der Waals surface area (Å²) in [4.78, 5) is 13.1. The topological polar surface area (TPSA) is 40.5 Å². The van der Waals surface area contributed by atoms with E-state index in [0.29, 0.717) is 5.02 Å². The number of hydrogen-bond acceptors (Lipinski definition) is 2. The molecule has 0 saturated heterocycles. The Kier molecular flexibility index (Phi) is 5.07. The van der Waals surface area contributed by atoms with Gasteiger partial charge in [0.05, 0.1) is 0 Å². The summed E-state index contributed by atoms with van der Waals surface area (Å²) in [5, 5.41) is 9.40. The van der Waals surface area contributed by atoms with Crippen molar-refractivity contribution in [2.75, 3.05) is 18.0 Å². The van der Waals surface area contributed by atoms with E-state index >= 15 is 0 Å². The normalized spacial score (nSPS) is 14.7. The molecule has 1 aromatic rings. The van der Waals surface area contributed by atoms with E-state index in [2.05, 4.69) is 11.8 Å². The summed E-state index contributed by atoms with van der Waals surface area (Å²) in [5.41, 5.74) is 1.83. The highest BCUT2D eigenvalue weighted by Crippen LogP contribution is 2.34. The standard InChI is InChI=1S/C16H20ClNO2/c1-2-10-18(11-12-6-7-12)15-5-3-4-14(17)13(15)8-9-16(19)20/h3-5,8-9,12H,2,6-7,10-11H2,1H3,(H,19,20). The molecule has 4 heteroatoms. The Hall–Kier alpha value is -1.48. The molecule has 108 valence electrons. The van der Waals surface area contributed by atoms with Gasteiger partial charge in [0.1, 0.15) is 0 Å². The number of benzene rings is 1. The van der Waals surface area contributed by atoms with Crippen LogP contribution in [0.3, 0.4) is 0 Å². The monoisotopic (exact) mass is 293 g/mol. The molecular formula is C16H20ClNO2. The van der Waals surface area contributed by atoms with Gasteiger partial charge in [0.15, 0.2) is 0 Å². The molecule has 0 spiro atoms. The molecule has 0 atom stereocenters. The van der Waals surface area contributed by atoms with Gasteiger partial charge in [-0.25, -0.2) is 4.79 Å². The van der Waals surface area contributed by atoms with Crippen LogP contribution in [0.1, 0.15) is 31.7 Å². The number of anilines is 1. The molecule has 1 saturated carbocycles. The van der Waals surface area contributed by atoms with Crippen molar-refractivity contribution in [2.24, 2.45) is 5.92 Å². The van der Waals surface area contributed by atoms with E-state index in [1.54, 1.807) is 12.1 Å². The van der Waals surface area contributed by atoms with Gasteiger partial charge >= 0.3 is 5.97 Å². The number of nitrogens with zero attached hydrogens (tertiary/aromatic N) is 1. The number of carboxylic acid groups (broad SMARTS) is 1. The lowest BCUT2D eigenvalue weighted by Gasteiger charge is -2.26. The van der Waals surface area contributed by atoms with Crippen LogP contribution in [0.5, 0.6) is 0 Å². The Labute approximate surface area is 124 Å². The maximum absolute atomic E-state index is 10.7. The highest BCUT2D eigenvalue weighted by molar-refractivity contribution is 6.32. The first-order valence-corrected chi connectivity index (χ1v) is 7.44. The number of aliphatic carboxylic acids is 1. The van der Waals surface area contributed by atoms with E-state index in [1.807, 2.05) is 12.1 Å². The molecule has 0 heterocycles. The van der Waals surface area contributed by atoms with Gasteiger partial charge in [-0.15, -0.1) is 0 Å². The largest absolute Gasteiger partial charge is 0.478 e. The fourth-order valence-electron chi connectivity index (χ4n) is 2.31. The molecule has 2 rings (SSSR count). The Bertz CT molecular complexity index is 509. The minimum Gasteiger partial charge on any atom is -0.478 e. The molecule has 0 aromatic heterocycles. The molecule has 20 heavy (non-hydrogen) atoms. The summed E-state index contributed by atoms with van der Waals surface area (Å²) in [6, 6.07) is 5.74. The molecule has 0 aliphatic heterocycles. The maximum atomic E-state index is 10.7. The lowest BCUT2D eigenvalue weighted by molar-refractivity contribution is -0.131. The quantitative estimate of drug-likeness (QED) is 0.771. The van der Waals surface area contributed by atoms with E-state index in [1.165, 1.54) is 12.8 Å². The second-order valence-corrected chi connectivity index (χ2v) is 5.64. The van der Waals surface area contributed by atoms with Crippen molar-refractivity contribution in [1.82, 2.24) is 0 Å². The molecule has 3 nitrogen and oxygen atoms in total. The van der Waals surface area contributed by atoms with E-state index < -0.39 is 5.97 Å². The summed E-state index contributed by atoms with van der Waals surface area (Å²) in [7, 11) is 0. The Balaban J connectivity index is 2.31. The van der Waals surface area contributed by atoms with Crippen LogP contribution in [0.2, 0.25) is 5.02 Å². The molecule has 1 aliphatic carbocycles. The molecule has 0 unspecified atom stereocenters. The van der Waals surface area contributed by atoms with Crippen LogP contribution in [-0.4, -0.2) is 24.2 Å². The summed E-state index contributed by atoms with van der Waals surface area (Å²) in [6.07, 6.45) is 6.38. The Morgan fingerprint density at radius 2 is 2.25 bits per heavy atom. The van der Waals surface area contributed by atoms with Crippen molar-refractivity contribution in [3.05, 3.63) is 34.9 Å². The zero-order valence-electron chi connectivity index (χ0n) is 11.7. The van der Waals surface area contributed by atoms with E-state index in [0.717, 1.165) is 42.8 Å². The average Bonchev–Trinajstić information content (AvgIpc) is 3.20. The van der Waals surface area contributed by atoms with Gasteiger partial charge in [-0.1, -0.05) is 24.6 Å². The zero-order chi connectivity index (χ0) is 14.5. The maximum Gasteiger partial charge on any atom is 0.328 e. The zero-order valence-corrected chi connectivity index (χ0v) is 12.4. The Morgan fingerprint density at radius 3 is 2.85 bits per heavy atom. The number of hydrogen-bond donors (Lipinski definition) is 1. The summed E-state index contributed by atoms with van der Waals surface area (Å²) >= 11 is 6.24. The highest BCUT2D eigenvalue weighted by Gasteiger charge is 2.25. The molecule has 1 N–H and O–H groups in total. The average molecular weight is 294 g/mol. The summed E-state index contributed by atoms with van der Waals surface area (Å²) in [6.45, 7) is 4.14. The SMILES string of the molecule is CCCN(CC1CC1)c1cccc(Cl)c1C=CC(=O)O. The van der Waals surface area contributed by atoms with Gasteiger partial charge in [0.2, 0.25) is 0 Å². The van der Waals surface area contributed by atoms with Crippen LogP contribution in [0.25, 0.3) is 6.08 Å². The number of carboxylic acids is 1. The molecular weight excluding hydrogens is 274 g/mol. The third-order valence-electron chi connectivity index (χ3n) is 3.43. The highest BCUT2D eigenvalue weighted by atomic mass is 35.5. The van der Waals surface area contributed by atoms with Gasteiger partial charge in [0, 0.05) is 35.4 Å². The molecule has 0 radical (unpaired) electrons. The lowest BCUT2D eigenvalue weighted by Crippen LogP contribution is -2.27. The van der Waals surface area contributed by atoms with Crippen LogP contribution in [0.15, 0.2) is 24.3 Å². The fraction of sp³-hybridized carbons (Fsp3) is 0.438. The first-order valence-electron chi connectivity index (χ1n) is 7.06. The van der Waals surface area contributed by atoms with E-state index in [9.17, 15) is 4.79 Å². The van der Waals surface area contributed by atoms with Crippen LogP contribution < -0.4 is 4.90 Å². The van der Waals surface area contributed by atoms with Gasteiger partial charge in [-0.2, -0.15) is 0 Å². The van der Waals surface area contributed by atoms with Crippen LogP contribution in [0.4, 0.5) is 5.69 Å². The Morgan fingerprint density at radius 1 is 1.50 bits per heavy atom. The second kappa shape index (κ2) is 6.80. The molecule has 0 bridgehead atoms. The van der Waals surface area contributed by atoms with E-state index in [-0.39, 0.29) is 0 Å². The first kappa shape index (κ1) is 14.9. The van der Waals surface area contributed by atoms with Crippen molar-refractivity contribution >= 4 is 29.3 Å². The minimum absolute atomic E-state index is 0.594. The van der Waals surface area contributed by atoms with Crippen molar-refractivity contribution in [1.29, 1.82) is 0 Å². The molecule has 1 fully saturated rings. The molecule has 1 aliphatic rings. The predicted octanol–water partition coefficient (Wildman–Crippen LogP) is 4.06. The molecule has 0 amide bonds. The lowest BCUT2D eigenvalue weighted by atomic mass is 10.1. The fourth-order valence-corrected chi connectivity index (χ4v) is 2.55. The van der Waals surface area contributed by atoms with Gasteiger partial charge < -0.3 is 10.0 Å². The minimum atomic E-state index is -0.958. The van der Waals surface area contributed by atoms with Crippen molar-refractivity contribution in [2.45, 2.75) is 26.2 Å². The second-order valence-electron chi connectivity index (χ2n) is 5.23. The van der Waals surface area contributed by atoms with E-state index in [4.69, 9.17) is 16.7 Å². The van der Waals surface area contributed by atoms with Crippen LogP contribution in [0, 0.1) is 5.92 Å². The predicted molar refractivity (Wildman–Crippen MR) is 83.3 cm³/mol. The van der Waals surface area contributed by atoms with Gasteiger partial charge in [0.25, 0.3) is 0 Å². The number of carbonyl (C=O) groups is 1. The molecule has 1 aromatic carbocycles.